The fourth-order valence-corrected chi connectivity index (χ4v) is 11.9. The van der Waals surface area contributed by atoms with Crippen LogP contribution in [-0.4, -0.2) is 33.6 Å². The molecule has 53 heavy (non-hydrogen) atoms. The average Bonchev–Trinajstić information content (AvgIpc) is 3.18. The van der Waals surface area contributed by atoms with Gasteiger partial charge in [-0.25, -0.2) is 0 Å². The molecule has 2 nitrogen and oxygen atoms in total. The highest BCUT2D eigenvalue weighted by Crippen LogP contribution is 2.45. The lowest BCUT2D eigenvalue weighted by Gasteiger charge is -2.52. The molecule has 0 spiro atoms. The van der Waals surface area contributed by atoms with Gasteiger partial charge in [0.05, 0.1) is 0 Å². The van der Waals surface area contributed by atoms with Crippen LogP contribution in [0, 0.1) is 13.8 Å². The summed E-state index contributed by atoms with van der Waals surface area (Å²) in [7, 11) is 0. The maximum absolute atomic E-state index is 2.69. The largest absolute Gasteiger partial charge is 0.312 e. The molecule has 242 valence electrons. The molecule has 0 amide bonds. The van der Waals surface area contributed by atoms with Gasteiger partial charge in [0, 0.05) is 34.1 Å². The van der Waals surface area contributed by atoms with Gasteiger partial charge >= 0.3 is 0 Å². The van der Waals surface area contributed by atoms with Crippen molar-refractivity contribution in [3.63, 3.8) is 0 Å². The van der Waals surface area contributed by atoms with E-state index in [1.807, 2.05) is 0 Å². The summed E-state index contributed by atoms with van der Waals surface area (Å²) in [4.78, 5) is 5.38. The van der Waals surface area contributed by atoms with Gasteiger partial charge in [0.15, 0.2) is 0 Å². The molecule has 0 aromatic heterocycles. The highest BCUT2D eigenvalue weighted by molar-refractivity contribution is 7.13. The molecule has 6 aliphatic heterocycles. The monoisotopic (exact) mass is 668 g/mol. The van der Waals surface area contributed by atoms with Gasteiger partial charge in [-0.15, -0.1) is 0 Å². The number of benzene rings is 7. The van der Waals surface area contributed by atoms with Crippen LogP contribution < -0.4 is 80.8 Å². The predicted molar refractivity (Wildman–Crippen MR) is 234 cm³/mol. The van der Waals surface area contributed by atoms with Gasteiger partial charge in [-0.1, -0.05) is 161 Å². The smallest absolute Gasteiger partial charge is 0.252 e. The molecule has 0 atom stereocenters. The van der Waals surface area contributed by atoms with E-state index >= 15 is 0 Å². The Labute approximate surface area is 313 Å². The highest BCUT2D eigenvalue weighted by atomic mass is 15.2. The Balaban J connectivity index is 1.25. The second-order valence-electron chi connectivity index (χ2n) is 16.5. The maximum Gasteiger partial charge on any atom is 0.252 e. The third-order valence-corrected chi connectivity index (χ3v) is 14.0. The number of hydrogen-bond donors (Lipinski definition) is 0. The molecule has 0 unspecified atom stereocenters. The Bertz CT molecular complexity index is 2680. The Morgan fingerprint density at radius 1 is 0.340 bits per heavy atom. The fourth-order valence-electron chi connectivity index (χ4n) is 11.9. The first-order chi connectivity index (χ1) is 26.0. The van der Waals surface area contributed by atoms with E-state index in [1.54, 1.807) is 0 Å². The van der Waals surface area contributed by atoms with Crippen LogP contribution in [0.2, 0.25) is 13.6 Å². The summed E-state index contributed by atoms with van der Waals surface area (Å²) in [5.74, 6) is 0. The first-order valence-corrected chi connectivity index (χ1v) is 19.4. The van der Waals surface area contributed by atoms with Crippen LogP contribution in [0.3, 0.4) is 0 Å². The van der Waals surface area contributed by atoms with Crippen LogP contribution in [0.1, 0.15) is 11.1 Å². The van der Waals surface area contributed by atoms with Crippen LogP contribution in [0.4, 0.5) is 34.1 Å². The van der Waals surface area contributed by atoms with Gasteiger partial charge in [0.25, 0.3) is 6.71 Å². The van der Waals surface area contributed by atoms with Crippen molar-refractivity contribution in [1.29, 1.82) is 0 Å². The number of anilines is 6. The normalized spacial score (nSPS) is 15.3. The maximum atomic E-state index is 2.69. The van der Waals surface area contributed by atoms with E-state index in [-0.39, 0.29) is 20.1 Å². The molecule has 7 aromatic rings. The number of hydrogen-bond acceptors (Lipinski definition) is 2. The van der Waals surface area contributed by atoms with Gasteiger partial charge in [0.1, 0.15) is 0 Å². The molecule has 0 saturated heterocycles. The number of fused-ring (bicyclic) bond motifs is 14. The summed E-state index contributed by atoms with van der Waals surface area (Å²) in [6, 6.07) is 50.1. The first kappa shape index (κ1) is 29.0. The van der Waals surface area contributed by atoms with Gasteiger partial charge < -0.3 is 9.80 Å². The van der Waals surface area contributed by atoms with Crippen LogP contribution in [0.25, 0.3) is 0 Å². The van der Waals surface area contributed by atoms with Crippen molar-refractivity contribution in [3.05, 3.63) is 139 Å². The topological polar surface area (TPSA) is 6.48 Å². The Kier molecular flexibility index (Phi) is 5.31. The SMILES string of the molecule is CB1c2ccccc2B2c3cc4c5c6c3N(c3ccc(C)cc3B6c3cc(C)ccc3N5c3cccc5c3B4c3ccccc3B5C)c3cccc1c32. The van der Waals surface area contributed by atoms with Gasteiger partial charge in [-0.3, -0.25) is 0 Å². The average molecular weight is 668 g/mol. The third-order valence-electron chi connectivity index (χ3n) is 14.0. The molecule has 0 aliphatic carbocycles. The molecular weight excluding hydrogens is 635 g/mol. The molecule has 0 fully saturated rings. The van der Waals surface area contributed by atoms with E-state index in [9.17, 15) is 0 Å². The van der Waals surface area contributed by atoms with Crippen LogP contribution in [0.5, 0.6) is 0 Å². The van der Waals surface area contributed by atoms with Crippen molar-refractivity contribution in [1.82, 2.24) is 0 Å². The first-order valence-electron chi connectivity index (χ1n) is 19.4. The van der Waals surface area contributed by atoms with Crippen LogP contribution >= 0.6 is 0 Å². The standard InChI is InChI=1S/C46H33B5N2/c1-26-19-21-38-34(23-26)51-35-24-27(2)20-22-39(35)53-41-18-10-16-33-43(41)50(31-14-8-6-12-29(31)48(33)4)37-25-36-45(44(51)46(37)53)52(38)40-17-9-15-32-42(40)49(36)30-13-7-5-11-28(30)47(32)3/h5-25H,1-4H3. The third kappa shape index (κ3) is 3.32. The molecule has 7 aromatic carbocycles. The second-order valence-corrected chi connectivity index (χ2v) is 16.5. The minimum Gasteiger partial charge on any atom is -0.312 e. The van der Waals surface area contributed by atoms with E-state index in [4.69, 9.17) is 0 Å². The van der Waals surface area contributed by atoms with Gasteiger partial charge in [-0.05, 0) is 76.4 Å². The molecule has 0 radical (unpaired) electrons. The van der Waals surface area contributed by atoms with Crippen molar-refractivity contribution < 1.29 is 0 Å². The zero-order valence-electron chi connectivity index (χ0n) is 30.4. The van der Waals surface area contributed by atoms with E-state index < -0.39 is 0 Å². The minimum atomic E-state index is 0.126. The van der Waals surface area contributed by atoms with E-state index in [0.29, 0.717) is 13.4 Å². The molecule has 6 heterocycles. The summed E-state index contributed by atoms with van der Waals surface area (Å²) < 4.78 is 0. The lowest BCUT2D eigenvalue weighted by Crippen LogP contribution is -2.78. The summed E-state index contributed by atoms with van der Waals surface area (Å²) in [6.07, 6.45) is 0. The quantitative estimate of drug-likeness (QED) is 0.224. The van der Waals surface area contributed by atoms with E-state index in [2.05, 4.69) is 165 Å². The summed E-state index contributed by atoms with van der Waals surface area (Å²) in [5, 5.41) is 0. The Hall–Kier alpha value is -5.54. The van der Waals surface area contributed by atoms with Gasteiger partial charge in [0.2, 0.25) is 26.9 Å². The zero-order valence-corrected chi connectivity index (χ0v) is 30.4. The van der Waals surface area contributed by atoms with E-state index in [1.165, 1.54) is 116 Å². The molecule has 13 rings (SSSR count). The minimum absolute atomic E-state index is 0.126. The molecule has 7 heteroatoms. The summed E-state index contributed by atoms with van der Waals surface area (Å²) in [6.45, 7) is 10.5. The summed E-state index contributed by atoms with van der Waals surface area (Å²) >= 11 is 0. The van der Waals surface area contributed by atoms with Crippen molar-refractivity contribution in [3.8, 4) is 0 Å². The molecular formula is C46H33B5N2. The molecule has 6 aliphatic rings. The fraction of sp³-hybridized carbons (Fsp3) is 0.0870. The Morgan fingerprint density at radius 2 is 0.755 bits per heavy atom. The highest BCUT2D eigenvalue weighted by Gasteiger charge is 2.54. The lowest BCUT2D eigenvalue weighted by atomic mass is 9.19. The Morgan fingerprint density at radius 3 is 1.23 bits per heavy atom. The van der Waals surface area contributed by atoms with Crippen LogP contribution in [0.15, 0.2) is 127 Å². The van der Waals surface area contributed by atoms with Gasteiger partial charge in [-0.2, -0.15) is 0 Å². The molecule has 0 N–H and O–H groups in total. The van der Waals surface area contributed by atoms with Crippen molar-refractivity contribution in [2.24, 2.45) is 0 Å². The number of aryl methyl sites for hydroxylation is 2. The molecule has 0 saturated carbocycles. The number of rotatable bonds is 0. The van der Waals surface area contributed by atoms with E-state index in [0.717, 1.165) is 0 Å². The van der Waals surface area contributed by atoms with Crippen LogP contribution in [-0.2, 0) is 0 Å². The van der Waals surface area contributed by atoms with Crippen molar-refractivity contribution in [2.75, 3.05) is 9.80 Å². The zero-order chi connectivity index (χ0) is 35.0. The lowest BCUT2D eigenvalue weighted by molar-refractivity contribution is 1.26. The van der Waals surface area contributed by atoms with Crippen molar-refractivity contribution >= 4 is 139 Å². The molecule has 0 bridgehead atoms. The summed E-state index contributed by atoms with van der Waals surface area (Å²) in [5.41, 5.74) is 29.8. The number of nitrogens with zero attached hydrogens (tertiary/aromatic N) is 2. The predicted octanol–water partition coefficient (Wildman–Crippen LogP) is 1.15. The van der Waals surface area contributed by atoms with Crippen molar-refractivity contribution in [2.45, 2.75) is 27.5 Å². The second kappa shape index (κ2) is 9.71.